The Bertz CT molecular complexity index is 520. The monoisotopic (exact) mass is 345 g/mol. The van der Waals surface area contributed by atoms with Gasteiger partial charge in [-0.15, -0.1) is 22.9 Å². The summed E-state index contributed by atoms with van der Waals surface area (Å²) in [7, 11) is 0. The van der Waals surface area contributed by atoms with Crippen LogP contribution >= 0.6 is 34.7 Å². The van der Waals surface area contributed by atoms with Gasteiger partial charge in [0.15, 0.2) is 0 Å². The molecular formula is C15H20ClNO2S2. The van der Waals surface area contributed by atoms with Crippen LogP contribution in [0.25, 0.3) is 0 Å². The van der Waals surface area contributed by atoms with Crippen molar-refractivity contribution in [3.8, 4) is 0 Å². The number of fused-ring (bicyclic) bond motifs is 1. The van der Waals surface area contributed by atoms with Crippen LogP contribution in [0.4, 0.5) is 0 Å². The summed E-state index contributed by atoms with van der Waals surface area (Å²) in [6.07, 6.45) is 1.01. The van der Waals surface area contributed by atoms with E-state index in [0.29, 0.717) is 19.0 Å². The molecule has 1 aromatic heterocycles. The minimum atomic E-state index is -0.333. The molecule has 116 valence electrons. The topological polar surface area (TPSA) is 29.5 Å². The van der Waals surface area contributed by atoms with Crippen molar-refractivity contribution in [3.05, 3.63) is 21.4 Å². The summed E-state index contributed by atoms with van der Waals surface area (Å²) >= 11 is 9.56. The number of hydrogen-bond donors (Lipinski definition) is 0. The van der Waals surface area contributed by atoms with Gasteiger partial charge in [0.1, 0.15) is 0 Å². The quantitative estimate of drug-likeness (QED) is 0.769. The average molecular weight is 346 g/mol. The van der Waals surface area contributed by atoms with Crippen LogP contribution < -0.4 is 0 Å². The molecule has 1 saturated heterocycles. The second-order valence-electron chi connectivity index (χ2n) is 6.20. The summed E-state index contributed by atoms with van der Waals surface area (Å²) in [6, 6.07) is 2.09. The first kappa shape index (κ1) is 15.7. The van der Waals surface area contributed by atoms with Gasteiger partial charge >= 0.3 is 0 Å². The Labute approximate surface area is 139 Å². The number of carbonyl (C=O) groups is 1. The zero-order chi connectivity index (χ0) is 15.0. The van der Waals surface area contributed by atoms with Gasteiger partial charge in [-0.05, 0) is 37.7 Å². The number of aryl methyl sites for hydroxylation is 1. The van der Waals surface area contributed by atoms with Gasteiger partial charge in [-0.3, -0.25) is 4.79 Å². The molecule has 1 unspecified atom stereocenters. The lowest BCUT2D eigenvalue weighted by Crippen LogP contribution is -2.55. The molecule has 21 heavy (non-hydrogen) atoms. The number of halogens is 1. The molecule has 0 aromatic carbocycles. The van der Waals surface area contributed by atoms with Crippen molar-refractivity contribution in [2.45, 2.75) is 37.7 Å². The minimum absolute atomic E-state index is 0.0792. The van der Waals surface area contributed by atoms with Crippen LogP contribution in [0.1, 0.15) is 34.0 Å². The molecule has 2 aliphatic heterocycles. The number of hydrogen-bond acceptors (Lipinski definition) is 4. The Morgan fingerprint density at radius 3 is 3.10 bits per heavy atom. The third kappa shape index (κ3) is 3.41. The molecule has 1 aromatic rings. The van der Waals surface area contributed by atoms with Gasteiger partial charge < -0.3 is 9.64 Å². The molecule has 0 spiro atoms. The molecule has 0 N–H and O–H groups in total. The maximum atomic E-state index is 12.8. The second kappa shape index (κ2) is 6.11. The summed E-state index contributed by atoms with van der Waals surface area (Å²) in [5.74, 6) is 2.76. The van der Waals surface area contributed by atoms with E-state index in [0.717, 1.165) is 17.1 Å². The van der Waals surface area contributed by atoms with E-state index in [1.54, 1.807) is 11.3 Å². The molecule has 0 aliphatic carbocycles. The minimum Gasteiger partial charge on any atom is -0.367 e. The van der Waals surface area contributed by atoms with E-state index in [9.17, 15) is 4.79 Å². The van der Waals surface area contributed by atoms with E-state index in [1.165, 1.54) is 16.2 Å². The fraction of sp³-hybridized carbons (Fsp3) is 0.667. The Balaban J connectivity index is 1.79. The van der Waals surface area contributed by atoms with E-state index in [2.05, 4.69) is 6.07 Å². The number of ether oxygens (including phenoxy) is 1. The summed E-state index contributed by atoms with van der Waals surface area (Å²) < 4.78 is 5.89. The predicted molar refractivity (Wildman–Crippen MR) is 89.8 cm³/mol. The summed E-state index contributed by atoms with van der Waals surface area (Å²) in [4.78, 5) is 17.0. The highest BCUT2D eigenvalue weighted by atomic mass is 35.5. The Hall–Kier alpha value is -0.230. The largest absolute Gasteiger partial charge is 0.367 e. The fourth-order valence-electron chi connectivity index (χ4n) is 2.94. The zero-order valence-corrected chi connectivity index (χ0v) is 14.7. The first-order valence-corrected chi connectivity index (χ1v) is 9.71. The highest BCUT2D eigenvalue weighted by Gasteiger charge is 2.36. The van der Waals surface area contributed by atoms with Crippen molar-refractivity contribution < 1.29 is 9.53 Å². The average Bonchev–Trinajstić information content (AvgIpc) is 2.88. The number of nitrogens with zero attached hydrogens (tertiary/aromatic N) is 1. The molecule has 3 heterocycles. The van der Waals surface area contributed by atoms with Gasteiger partial charge in [-0.2, -0.15) is 11.8 Å². The number of morpholine rings is 1. The van der Waals surface area contributed by atoms with Crippen LogP contribution in [0, 0.1) is 0 Å². The molecule has 1 fully saturated rings. The van der Waals surface area contributed by atoms with Gasteiger partial charge in [-0.1, -0.05) is 0 Å². The number of alkyl halides is 1. The van der Waals surface area contributed by atoms with Crippen molar-refractivity contribution in [2.75, 3.05) is 24.7 Å². The van der Waals surface area contributed by atoms with E-state index >= 15 is 0 Å². The first-order chi connectivity index (χ1) is 9.98. The van der Waals surface area contributed by atoms with E-state index in [4.69, 9.17) is 16.3 Å². The van der Waals surface area contributed by atoms with Gasteiger partial charge in [0, 0.05) is 23.7 Å². The van der Waals surface area contributed by atoms with Gasteiger partial charge in [-0.25, -0.2) is 0 Å². The predicted octanol–water partition coefficient (Wildman–Crippen LogP) is 3.40. The SMILES string of the molecule is CC1(C)CN(C(=O)c2cc3c(s2)CCSC3)CC(CCl)O1. The Morgan fingerprint density at radius 2 is 2.38 bits per heavy atom. The third-order valence-electron chi connectivity index (χ3n) is 3.78. The van der Waals surface area contributed by atoms with Crippen molar-refractivity contribution in [2.24, 2.45) is 0 Å². The maximum Gasteiger partial charge on any atom is 0.264 e. The Kier molecular flexibility index (Phi) is 4.55. The highest BCUT2D eigenvalue weighted by Crippen LogP contribution is 2.33. The van der Waals surface area contributed by atoms with Gasteiger partial charge in [0.05, 0.1) is 22.5 Å². The second-order valence-corrected chi connectivity index (χ2v) is 8.75. The van der Waals surface area contributed by atoms with Crippen LogP contribution in [-0.4, -0.2) is 47.2 Å². The highest BCUT2D eigenvalue weighted by molar-refractivity contribution is 7.98. The van der Waals surface area contributed by atoms with Crippen LogP contribution in [0.5, 0.6) is 0 Å². The number of amides is 1. The molecule has 0 radical (unpaired) electrons. The van der Waals surface area contributed by atoms with E-state index in [1.807, 2.05) is 30.5 Å². The van der Waals surface area contributed by atoms with E-state index < -0.39 is 0 Å². The Morgan fingerprint density at radius 1 is 1.57 bits per heavy atom. The smallest absolute Gasteiger partial charge is 0.264 e. The molecule has 3 nitrogen and oxygen atoms in total. The summed E-state index contributed by atoms with van der Waals surface area (Å²) in [6.45, 7) is 5.24. The first-order valence-electron chi connectivity index (χ1n) is 7.21. The van der Waals surface area contributed by atoms with Gasteiger partial charge in [0.25, 0.3) is 5.91 Å². The molecule has 0 bridgehead atoms. The lowest BCUT2D eigenvalue weighted by atomic mass is 10.1. The van der Waals surface area contributed by atoms with Crippen molar-refractivity contribution in [1.29, 1.82) is 0 Å². The molecular weight excluding hydrogens is 326 g/mol. The standard InChI is InChI=1S/C15H20ClNO2S2/c1-15(2)9-17(7-11(6-16)19-15)14(18)13-5-10-8-20-4-3-12(10)21-13/h5,11H,3-4,6-9H2,1-2H3. The number of thioether (sulfide) groups is 1. The van der Waals surface area contributed by atoms with Crippen LogP contribution in [0.15, 0.2) is 6.07 Å². The molecule has 1 amide bonds. The van der Waals surface area contributed by atoms with Crippen molar-refractivity contribution in [1.82, 2.24) is 4.90 Å². The molecule has 3 rings (SSSR count). The molecule has 0 saturated carbocycles. The third-order valence-corrected chi connectivity index (χ3v) is 6.36. The van der Waals surface area contributed by atoms with Crippen LogP contribution in [0.3, 0.4) is 0 Å². The van der Waals surface area contributed by atoms with Crippen molar-refractivity contribution >= 4 is 40.6 Å². The lowest BCUT2D eigenvalue weighted by Gasteiger charge is -2.42. The normalized spacial score (nSPS) is 24.7. The van der Waals surface area contributed by atoms with Crippen molar-refractivity contribution in [3.63, 3.8) is 0 Å². The summed E-state index contributed by atoms with van der Waals surface area (Å²) in [5, 5.41) is 0. The van der Waals surface area contributed by atoms with E-state index in [-0.39, 0.29) is 17.6 Å². The number of thiophene rings is 1. The number of carbonyl (C=O) groups excluding carboxylic acids is 1. The number of rotatable bonds is 2. The molecule has 1 atom stereocenters. The maximum absolute atomic E-state index is 12.8. The fourth-order valence-corrected chi connectivity index (χ4v) is 5.44. The summed E-state index contributed by atoms with van der Waals surface area (Å²) in [5.41, 5.74) is 1.02. The van der Waals surface area contributed by atoms with Crippen LogP contribution in [-0.2, 0) is 16.9 Å². The van der Waals surface area contributed by atoms with Crippen LogP contribution in [0.2, 0.25) is 0 Å². The van der Waals surface area contributed by atoms with Gasteiger partial charge in [0.2, 0.25) is 0 Å². The molecule has 2 aliphatic rings. The zero-order valence-electron chi connectivity index (χ0n) is 12.4. The lowest BCUT2D eigenvalue weighted by molar-refractivity contribution is -0.117. The molecule has 6 heteroatoms.